The molecule has 0 radical (unpaired) electrons. The monoisotopic (exact) mass is 751 g/mol. The largest absolute Gasteiger partial charge is 0.290 e. The fraction of sp³-hybridized carbons (Fsp3) is 0.434. The maximum Gasteiger partial charge on any atom is 0.290 e. The molecule has 1 spiro atoms. The van der Waals surface area contributed by atoms with Crippen molar-refractivity contribution < 1.29 is 4.57 Å². The van der Waals surface area contributed by atoms with Crippen LogP contribution in [0, 0.1) is 13.8 Å². The zero-order valence-electron chi connectivity index (χ0n) is 35.3. The van der Waals surface area contributed by atoms with E-state index in [0.717, 1.165) is 0 Å². The summed E-state index contributed by atoms with van der Waals surface area (Å²) in [6, 6.07) is 34.3. The first-order valence-corrected chi connectivity index (χ1v) is 22.2. The lowest BCUT2D eigenvalue weighted by atomic mass is 9.77. The third kappa shape index (κ3) is 4.81. The highest BCUT2D eigenvalue weighted by molar-refractivity contribution is 6.04. The topological polar surface area (TPSA) is 23.2 Å². The highest BCUT2D eigenvalue weighted by Gasteiger charge is 2.72. The predicted molar refractivity (Wildman–Crippen MR) is 234 cm³/mol. The minimum absolute atomic E-state index is 0.0688. The van der Waals surface area contributed by atoms with Crippen molar-refractivity contribution in [3.05, 3.63) is 130 Å². The highest BCUT2D eigenvalue weighted by Crippen LogP contribution is 2.63. The van der Waals surface area contributed by atoms with E-state index < -0.39 is 5.79 Å². The van der Waals surface area contributed by atoms with E-state index in [1.165, 1.54) is 147 Å². The number of nitrogens with zero attached hydrogens (tertiary/aromatic N) is 4. The van der Waals surface area contributed by atoms with E-state index in [-0.39, 0.29) is 17.0 Å². The van der Waals surface area contributed by atoms with Crippen molar-refractivity contribution in [1.82, 2.24) is 14.8 Å². The summed E-state index contributed by atoms with van der Waals surface area (Å²) in [5.74, 6) is -0.465. The van der Waals surface area contributed by atoms with Crippen molar-refractivity contribution in [2.24, 2.45) is 0 Å². The van der Waals surface area contributed by atoms with Gasteiger partial charge in [-0.2, -0.15) is 4.57 Å². The number of hydrogen-bond donors (Lipinski definition) is 0. The summed E-state index contributed by atoms with van der Waals surface area (Å²) in [5.41, 5.74) is 15.0. The normalized spacial score (nSPS) is 23.5. The van der Waals surface area contributed by atoms with E-state index in [0.29, 0.717) is 12.1 Å². The second-order valence-electron chi connectivity index (χ2n) is 19.9. The number of aromatic nitrogens is 2. The van der Waals surface area contributed by atoms with Gasteiger partial charge in [-0.05, 0) is 105 Å². The second kappa shape index (κ2) is 12.6. The molecule has 5 aliphatic rings. The lowest BCUT2D eigenvalue weighted by Gasteiger charge is -2.67. The SMILES string of the molecule is Cc1ccc2ccc3c(c2c1C)C(C)(C)c1c-3nc[n+]2c1-c1c(ccc3cc(C(C)(C)C)ccc13)C21N(C2CCCCC2)C(c2ccccc2)N1C1CCCCC1. The van der Waals surface area contributed by atoms with Gasteiger partial charge in [0.05, 0.1) is 11.7 Å². The van der Waals surface area contributed by atoms with Crippen LogP contribution in [0.25, 0.3) is 44.1 Å². The van der Waals surface area contributed by atoms with Crippen LogP contribution >= 0.6 is 0 Å². The average Bonchev–Trinajstić information content (AvgIpc) is 3.65. The number of benzene rings is 5. The van der Waals surface area contributed by atoms with E-state index >= 15 is 0 Å². The fourth-order valence-electron chi connectivity index (χ4n) is 12.5. The molecule has 3 fully saturated rings. The smallest absolute Gasteiger partial charge is 0.221 e. The molecule has 1 aromatic heterocycles. The van der Waals surface area contributed by atoms with Crippen LogP contribution in [0.3, 0.4) is 0 Å². The number of fused-ring (bicyclic) bond motifs is 13. The molecule has 0 unspecified atom stereocenters. The minimum atomic E-state index is -0.465. The van der Waals surface area contributed by atoms with Crippen LogP contribution in [-0.4, -0.2) is 26.9 Å². The molecular weight excluding hydrogens is 693 g/mol. The van der Waals surface area contributed by atoms with Crippen LogP contribution in [0.4, 0.5) is 0 Å². The Morgan fingerprint density at radius 2 is 1.35 bits per heavy atom. The van der Waals surface area contributed by atoms with Crippen LogP contribution in [-0.2, 0) is 16.6 Å². The molecule has 3 aliphatic carbocycles. The van der Waals surface area contributed by atoms with Gasteiger partial charge < -0.3 is 0 Å². The number of rotatable bonds is 3. The van der Waals surface area contributed by atoms with E-state index in [1.807, 2.05) is 0 Å². The van der Waals surface area contributed by atoms with Crippen molar-refractivity contribution in [1.29, 1.82) is 0 Å². The van der Waals surface area contributed by atoms with Crippen molar-refractivity contribution >= 4 is 21.5 Å². The van der Waals surface area contributed by atoms with Gasteiger partial charge in [0.15, 0.2) is 5.69 Å². The third-order valence-electron chi connectivity index (χ3n) is 15.3. The van der Waals surface area contributed by atoms with Crippen molar-refractivity contribution in [2.45, 2.75) is 148 Å². The van der Waals surface area contributed by atoms with Crippen LogP contribution < -0.4 is 4.57 Å². The van der Waals surface area contributed by atoms with Crippen LogP contribution in [0.15, 0.2) is 91.3 Å². The molecule has 0 atom stereocenters. The molecule has 5 aromatic carbocycles. The number of aryl methyl sites for hydroxylation is 2. The van der Waals surface area contributed by atoms with Gasteiger partial charge >= 0.3 is 0 Å². The Morgan fingerprint density at radius 1 is 0.702 bits per heavy atom. The molecule has 57 heavy (non-hydrogen) atoms. The fourth-order valence-corrected chi connectivity index (χ4v) is 12.5. The lowest BCUT2D eigenvalue weighted by Crippen LogP contribution is -2.86. The Hall–Kier alpha value is -4.38. The van der Waals surface area contributed by atoms with Crippen molar-refractivity contribution in [3.63, 3.8) is 0 Å². The van der Waals surface area contributed by atoms with Crippen LogP contribution in [0.1, 0.15) is 144 Å². The van der Waals surface area contributed by atoms with Crippen LogP contribution in [0.5, 0.6) is 0 Å². The van der Waals surface area contributed by atoms with E-state index in [4.69, 9.17) is 4.98 Å². The first kappa shape index (κ1) is 35.8. The van der Waals surface area contributed by atoms with E-state index in [2.05, 4.69) is 154 Å². The summed E-state index contributed by atoms with van der Waals surface area (Å²) >= 11 is 0. The molecule has 2 saturated carbocycles. The zero-order valence-corrected chi connectivity index (χ0v) is 35.3. The van der Waals surface area contributed by atoms with E-state index in [1.54, 1.807) is 0 Å². The molecular formula is C53H59N4+. The summed E-state index contributed by atoms with van der Waals surface area (Å²) < 4.78 is 2.74. The van der Waals surface area contributed by atoms with Gasteiger partial charge in [-0.25, -0.2) is 9.80 Å². The summed E-state index contributed by atoms with van der Waals surface area (Å²) in [7, 11) is 0. The van der Waals surface area contributed by atoms with Gasteiger partial charge in [0.1, 0.15) is 5.69 Å². The summed E-state index contributed by atoms with van der Waals surface area (Å²) in [4.78, 5) is 11.7. The molecule has 290 valence electrons. The summed E-state index contributed by atoms with van der Waals surface area (Å²) in [6.45, 7) is 16.6. The first-order valence-electron chi connectivity index (χ1n) is 22.2. The summed E-state index contributed by atoms with van der Waals surface area (Å²) in [6.07, 6.45) is 15.4. The minimum Gasteiger partial charge on any atom is -0.221 e. The van der Waals surface area contributed by atoms with Gasteiger partial charge in [0.2, 0.25) is 0 Å². The first-order chi connectivity index (χ1) is 27.5. The molecule has 0 amide bonds. The van der Waals surface area contributed by atoms with Gasteiger partial charge in [0, 0.05) is 34.2 Å². The standard InChI is InChI=1S/C53H59N4/c1-33-23-24-35-25-28-42-46(44(35)34(33)2)52(6,7)47-48(42)54-32-55-49(47)45-41-29-27-38(51(3,4)5)31-37(41)26-30-43(45)53(55)56(39-19-13-9-14-20-39)50(36-17-11-8-12-18-36)57(53)40-21-15-10-16-22-40/h8,11-12,17-18,23-32,39-40,50H,9-10,13-16,19-22H2,1-7H3/q+1. The van der Waals surface area contributed by atoms with Crippen molar-refractivity contribution in [2.75, 3.05) is 0 Å². The maximum atomic E-state index is 5.68. The summed E-state index contributed by atoms with van der Waals surface area (Å²) in [5, 5.41) is 5.46. The van der Waals surface area contributed by atoms with Gasteiger partial charge in [-0.15, -0.1) is 0 Å². The maximum absolute atomic E-state index is 5.68. The quantitative estimate of drug-likeness (QED) is 0.168. The molecule has 11 rings (SSSR count). The number of hydrogen-bond acceptors (Lipinski definition) is 3. The Labute approximate surface area is 339 Å². The van der Waals surface area contributed by atoms with Crippen molar-refractivity contribution in [3.8, 4) is 22.5 Å². The molecule has 3 heterocycles. The lowest BCUT2D eigenvalue weighted by molar-refractivity contribution is -0.824. The Kier molecular flexibility index (Phi) is 7.88. The molecule has 4 nitrogen and oxygen atoms in total. The van der Waals surface area contributed by atoms with Gasteiger partial charge in [0.25, 0.3) is 12.1 Å². The average molecular weight is 752 g/mol. The molecule has 1 saturated heterocycles. The third-order valence-corrected chi connectivity index (χ3v) is 15.3. The second-order valence-corrected chi connectivity index (χ2v) is 19.9. The molecule has 0 bridgehead atoms. The Bertz CT molecular complexity index is 2570. The van der Waals surface area contributed by atoms with E-state index in [9.17, 15) is 0 Å². The highest BCUT2D eigenvalue weighted by atomic mass is 15.7. The predicted octanol–water partition coefficient (Wildman–Crippen LogP) is 12.5. The molecule has 6 aromatic rings. The Balaban J connectivity index is 1.26. The molecule has 2 aliphatic heterocycles. The van der Waals surface area contributed by atoms with Gasteiger partial charge in [-0.1, -0.05) is 152 Å². The molecule has 0 N–H and O–H groups in total. The zero-order chi connectivity index (χ0) is 39.0. The van der Waals surface area contributed by atoms with Gasteiger partial charge in [-0.3, -0.25) is 0 Å². The van der Waals surface area contributed by atoms with Crippen LogP contribution in [0.2, 0.25) is 0 Å². The molecule has 4 heteroatoms. The Morgan fingerprint density at radius 3 is 2.02 bits per heavy atom.